The normalized spacial score (nSPS) is 12.3. The zero-order valence-electron chi connectivity index (χ0n) is 13.6. The number of hydrogen-bond acceptors (Lipinski definition) is 7. The Balaban J connectivity index is 1.87. The Labute approximate surface area is 149 Å². The molecule has 0 aliphatic heterocycles. The van der Waals surface area contributed by atoms with Gasteiger partial charge in [0, 0.05) is 11.8 Å². The summed E-state index contributed by atoms with van der Waals surface area (Å²) in [5, 5.41) is 11.8. The number of anilines is 1. The van der Waals surface area contributed by atoms with Gasteiger partial charge in [-0.05, 0) is 36.4 Å². The summed E-state index contributed by atoms with van der Waals surface area (Å²) in [4.78, 5) is 15.4. The first-order chi connectivity index (χ1) is 12.5. The van der Waals surface area contributed by atoms with Crippen LogP contribution < -0.4 is 5.32 Å². The molecule has 26 heavy (non-hydrogen) atoms. The number of fused-ring (bicyclic) bond motifs is 1. The average Bonchev–Trinajstić information content (AvgIpc) is 3.06. The van der Waals surface area contributed by atoms with E-state index in [1.165, 1.54) is 18.2 Å². The van der Waals surface area contributed by atoms with Crippen molar-refractivity contribution < 1.29 is 22.7 Å². The summed E-state index contributed by atoms with van der Waals surface area (Å²) < 4.78 is 29.5. The number of aliphatic hydroxyl groups excluding tert-OH is 1. The van der Waals surface area contributed by atoms with Gasteiger partial charge in [-0.2, -0.15) is 0 Å². The van der Waals surface area contributed by atoms with Gasteiger partial charge in [-0.15, -0.1) is 0 Å². The fourth-order valence-electron chi connectivity index (χ4n) is 2.36. The van der Waals surface area contributed by atoms with Crippen LogP contribution in [-0.4, -0.2) is 37.2 Å². The molecule has 0 unspecified atom stereocenters. The molecule has 2 aromatic carbocycles. The summed E-state index contributed by atoms with van der Waals surface area (Å²) in [5.74, 6) is -0.0887. The number of nitrogens with one attached hydrogen (secondary N) is 1. The van der Waals surface area contributed by atoms with E-state index in [4.69, 9.17) is 9.52 Å². The lowest BCUT2D eigenvalue weighted by Crippen LogP contribution is -2.10. The van der Waals surface area contributed by atoms with Gasteiger partial charge in [0.2, 0.25) is 5.89 Å². The predicted octanol–water partition coefficient (Wildman–Crippen LogP) is 2.25. The van der Waals surface area contributed by atoms with E-state index in [9.17, 15) is 13.2 Å². The number of hydrogen-bond donors (Lipinski definition) is 2. The number of sulfone groups is 1. The number of aliphatic hydroxyl groups is 1. The maximum atomic E-state index is 11.9. The van der Waals surface area contributed by atoms with Crippen LogP contribution in [0.2, 0.25) is 0 Å². The van der Waals surface area contributed by atoms with Gasteiger partial charge in [0.15, 0.2) is 15.4 Å². The molecule has 3 aromatic rings. The van der Waals surface area contributed by atoms with Gasteiger partial charge in [-0.3, -0.25) is 4.79 Å². The van der Waals surface area contributed by atoms with Crippen LogP contribution in [0.1, 0.15) is 5.89 Å². The minimum atomic E-state index is -3.51. The number of oxazole rings is 1. The quantitative estimate of drug-likeness (QED) is 0.483. The third-order valence-corrected chi connectivity index (χ3v) is 5.32. The second kappa shape index (κ2) is 7.51. The molecule has 134 valence electrons. The van der Waals surface area contributed by atoms with Gasteiger partial charge in [0.05, 0.1) is 17.3 Å². The standard InChI is InChI=1S/C18H16N2O5S/c21-10-9-16(18-20-15-3-1-2-4-17(15)25-18)19-13-5-7-14(8-6-13)26(23,24)12-11-22/h1-10,19,22H,11-12H2. The van der Waals surface area contributed by atoms with Gasteiger partial charge in [0.1, 0.15) is 17.5 Å². The van der Waals surface area contributed by atoms with Crippen molar-refractivity contribution in [3.63, 3.8) is 0 Å². The number of aldehydes is 1. The van der Waals surface area contributed by atoms with E-state index in [2.05, 4.69) is 10.3 Å². The largest absolute Gasteiger partial charge is 0.435 e. The predicted molar refractivity (Wildman–Crippen MR) is 97.3 cm³/mol. The highest BCUT2D eigenvalue weighted by atomic mass is 32.2. The number of rotatable bonds is 7. The highest BCUT2D eigenvalue weighted by Gasteiger charge is 2.14. The number of carbonyl (C=O) groups is 1. The van der Waals surface area contributed by atoms with Gasteiger partial charge in [0.25, 0.3) is 0 Å². The average molecular weight is 372 g/mol. The van der Waals surface area contributed by atoms with Crippen molar-refractivity contribution in [2.75, 3.05) is 17.7 Å². The third kappa shape index (κ3) is 3.81. The van der Waals surface area contributed by atoms with Gasteiger partial charge in [-0.1, -0.05) is 12.1 Å². The Morgan fingerprint density at radius 1 is 1.15 bits per heavy atom. The van der Waals surface area contributed by atoms with Crippen LogP contribution in [0, 0.1) is 0 Å². The van der Waals surface area contributed by atoms with E-state index in [0.717, 1.165) is 0 Å². The van der Waals surface area contributed by atoms with Crippen LogP contribution in [0.15, 0.2) is 63.9 Å². The summed E-state index contributed by atoms with van der Waals surface area (Å²) in [5.41, 5.74) is 2.16. The van der Waals surface area contributed by atoms with E-state index >= 15 is 0 Å². The van der Waals surface area contributed by atoms with Crippen molar-refractivity contribution in [3.8, 4) is 0 Å². The molecule has 0 spiro atoms. The molecular weight excluding hydrogens is 356 g/mol. The highest BCUT2D eigenvalue weighted by molar-refractivity contribution is 7.91. The lowest BCUT2D eigenvalue weighted by molar-refractivity contribution is -0.104. The van der Waals surface area contributed by atoms with Crippen LogP contribution in [0.4, 0.5) is 5.69 Å². The number of carbonyl (C=O) groups excluding carboxylic acids is 1. The van der Waals surface area contributed by atoms with Crippen LogP contribution in [0.5, 0.6) is 0 Å². The van der Waals surface area contributed by atoms with Crippen molar-refractivity contribution in [2.45, 2.75) is 4.90 Å². The van der Waals surface area contributed by atoms with Crippen molar-refractivity contribution >= 4 is 38.6 Å². The third-order valence-electron chi connectivity index (χ3n) is 3.61. The number of para-hydroxylation sites is 2. The summed E-state index contributed by atoms with van der Waals surface area (Å²) in [6.45, 7) is -0.438. The summed E-state index contributed by atoms with van der Waals surface area (Å²) in [6, 6.07) is 13.2. The zero-order valence-corrected chi connectivity index (χ0v) is 14.4. The van der Waals surface area contributed by atoms with Crippen LogP contribution >= 0.6 is 0 Å². The van der Waals surface area contributed by atoms with Crippen LogP contribution in [-0.2, 0) is 14.6 Å². The molecule has 0 atom stereocenters. The molecule has 1 heterocycles. The lowest BCUT2D eigenvalue weighted by atomic mass is 10.3. The van der Waals surface area contributed by atoms with Gasteiger partial charge in [-0.25, -0.2) is 13.4 Å². The summed E-state index contributed by atoms with van der Waals surface area (Å²) in [7, 11) is -3.51. The molecule has 0 fully saturated rings. The van der Waals surface area contributed by atoms with Crippen molar-refractivity contribution in [1.82, 2.24) is 4.98 Å². The molecule has 0 saturated heterocycles. The molecule has 1 aromatic heterocycles. The Bertz CT molecular complexity index is 1020. The topological polar surface area (TPSA) is 110 Å². The molecule has 2 N–H and O–H groups in total. The van der Waals surface area contributed by atoms with Crippen LogP contribution in [0.25, 0.3) is 16.8 Å². The first-order valence-electron chi connectivity index (χ1n) is 7.75. The molecule has 0 bridgehead atoms. The van der Waals surface area contributed by atoms with Crippen molar-refractivity contribution in [1.29, 1.82) is 0 Å². The smallest absolute Gasteiger partial charge is 0.244 e. The maximum Gasteiger partial charge on any atom is 0.244 e. The Kier molecular flexibility index (Phi) is 5.15. The molecule has 8 heteroatoms. The lowest BCUT2D eigenvalue weighted by Gasteiger charge is -2.08. The first kappa shape index (κ1) is 17.8. The number of aromatic nitrogens is 1. The molecule has 0 amide bonds. The maximum absolute atomic E-state index is 11.9. The fourth-order valence-corrected chi connectivity index (χ4v) is 3.39. The Morgan fingerprint density at radius 3 is 2.54 bits per heavy atom. The molecule has 0 saturated carbocycles. The first-order valence-corrected chi connectivity index (χ1v) is 9.41. The number of nitrogens with zero attached hydrogens (tertiary/aromatic N) is 1. The van der Waals surface area contributed by atoms with Crippen molar-refractivity contribution in [3.05, 3.63) is 60.5 Å². The zero-order chi connectivity index (χ0) is 18.6. The van der Waals surface area contributed by atoms with E-state index in [1.54, 1.807) is 24.3 Å². The second-order valence-electron chi connectivity index (χ2n) is 5.40. The van der Waals surface area contributed by atoms with E-state index in [-0.39, 0.29) is 16.5 Å². The Hall–Kier alpha value is -2.97. The minimum absolute atomic E-state index is 0.111. The monoisotopic (exact) mass is 372 g/mol. The molecule has 3 rings (SSSR count). The highest BCUT2D eigenvalue weighted by Crippen LogP contribution is 2.23. The minimum Gasteiger partial charge on any atom is -0.435 e. The summed E-state index contributed by atoms with van der Waals surface area (Å²) in [6.07, 6.45) is 1.89. The van der Waals surface area contributed by atoms with Crippen LogP contribution in [0.3, 0.4) is 0 Å². The van der Waals surface area contributed by atoms with Gasteiger partial charge < -0.3 is 14.8 Å². The van der Waals surface area contributed by atoms with E-state index in [1.807, 2.05) is 12.1 Å². The Morgan fingerprint density at radius 2 is 1.88 bits per heavy atom. The number of allylic oxidation sites excluding steroid dienone is 1. The summed E-state index contributed by atoms with van der Waals surface area (Å²) >= 11 is 0. The molecule has 7 nitrogen and oxygen atoms in total. The molecule has 0 radical (unpaired) electrons. The van der Waals surface area contributed by atoms with E-state index < -0.39 is 16.4 Å². The molecular formula is C18H16N2O5S. The van der Waals surface area contributed by atoms with Crippen molar-refractivity contribution in [2.24, 2.45) is 0 Å². The SMILES string of the molecule is O=CC=C(Nc1ccc(S(=O)(=O)CCO)cc1)c1nc2ccccc2o1. The number of benzene rings is 2. The fraction of sp³-hybridized carbons (Fsp3) is 0.111. The molecule has 0 aliphatic carbocycles. The molecule has 0 aliphatic rings. The second-order valence-corrected chi connectivity index (χ2v) is 7.50. The van der Waals surface area contributed by atoms with E-state index in [0.29, 0.717) is 28.8 Å². The van der Waals surface area contributed by atoms with Gasteiger partial charge >= 0.3 is 0 Å².